The summed E-state index contributed by atoms with van der Waals surface area (Å²) in [6.07, 6.45) is 1.56. The SMILES string of the molecule is COc1cccc(/C=N/NC(=O)Nc2cccc3ccccc23)c1. The molecule has 2 N–H and O–H groups in total. The van der Waals surface area contributed by atoms with E-state index in [0.717, 1.165) is 27.8 Å². The molecule has 24 heavy (non-hydrogen) atoms. The Morgan fingerprint density at radius 3 is 2.71 bits per heavy atom. The molecule has 5 nitrogen and oxygen atoms in total. The summed E-state index contributed by atoms with van der Waals surface area (Å²) in [7, 11) is 1.60. The summed E-state index contributed by atoms with van der Waals surface area (Å²) in [5.41, 5.74) is 4.03. The van der Waals surface area contributed by atoms with Crippen molar-refractivity contribution >= 4 is 28.7 Å². The highest BCUT2D eigenvalue weighted by atomic mass is 16.5. The summed E-state index contributed by atoms with van der Waals surface area (Å²) >= 11 is 0. The van der Waals surface area contributed by atoms with E-state index in [2.05, 4.69) is 15.8 Å². The van der Waals surface area contributed by atoms with Crippen LogP contribution in [0.5, 0.6) is 5.75 Å². The van der Waals surface area contributed by atoms with E-state index in [0.29, 0.717) is 0 Å². The molecule has 0 aromatic heterocycles. The Balaban J connectivity index is 1.66. The number of hydrogen-bond donors (Lipinski definition) is 2. The van der Waals surface area contributed by atoms with Gasteiger partial charge in [0.15, 0.2) is 0 Å². The monoisotopic (exact) mass is 319 g/mol. The van der Waals surface area contributed by atoms with Gasteiger partial charge in [-0.1, -0.05) is 48.5 Å². The topological polar surface area (TPSA) is 62.7 Å². The molecule has 0 spiro atoms. The van der Waals surface area contributed by atoms with E-state index in [-0.39, 0.29) is 0 Å². The Kier molecular flexibility index (Phi) is 4.72. The third-order valence-corrected chi connectivity index (χ3v) is 3.51. The van der Waals surface area contributed by atoms with Gasteiger partial charge >= 0.3 is 6.03 Å². The molecule has 3 rings (SSSR count). The molecule has 0 unspecified atom stereocenters. The smallest absolute Gasteiger partial charge is 0.339 e. The van der Waals surface area contributed by atoms with Crippen LogP contribution in [-0.2, 0) is 0 Å². The van der Waals surface area contributed by atoms with Gasteiger partial charge in [0, 0.05) is 5.39 Å². The number of carbonyl (C=O) groups excluding carboxylic acids is 1. The second-order valence-electron chi connectivity index (χ2n) is 5.13. The second kappa shape index (κ2) is 7.28. The zero-order valence-corrected chi connectivity index (χ0v) is 13.2. The molecule has 0 radical (unpaired) electrons. The van der Waals surface area contributed by atoms with Gasteiger partial charge < -0.3 is 10.1 Å². The molecule has 2 amide bonds. The van der Waals surface area contributed by atoms with Crippen molar-refractivity contribution in [3.8, 4) is 5.75 Å². The van der Waals surface area contributed by atoms with Crippen LogP contribution in [0.3, 0.4) is 0 Å². The number of nitrogens with one attached hydrogen (secondary N) is 2. The van der Waals surface area contributed by atoms with E-state index in [1.807, 2.05) is 66.7 Å². The summed E-state index contributed by atoms with van der Waals surface area (Å²) < 4.78 is 5.14. The number of hydrazone groups is 1. The highest BCUT2D eigenvalue weighted by Gasteiger charge is 2.04. The summed E-state index contributed by atoms with van der Waals surface area (Å²) in [6, 6.07) is 20.6. The minimum atomic E-state index is -0.398. The van der Waals surface area contributed by atoms with Crippen LogP contribution in [0.25, 0.3) is 10.8 Å². The maximum Gasteiger partial charge on any atom is 0.339 e. The van der Waals surface area contributed by atoms with E-state index >= 15 is 0 Å². The Labute approximate surface area is 140 Å². The molecule has 0 bridgehead atoms. The fraction of sp³-hybridized carbons (Fsp3) is 0.0526. The molecule has 0 saturated carbocycles. The second-order valence-corrected chi connectivity index (χ2v) is 5.13. The van der Waals surface area contributed by atoms with Crippen molar-refractivity contribution < 1.29 is 9.53 Å². The average Bonchev–Trinajstić information content (AvgIpc) is 2.62. The van der Waals surface area contributed by atoms with Crippen LogP contribution < -0.4 is 15.5 Å². The lowest BCUT2D eigenvalue weighted by molar-refractivity contribution is 0.252. The molecule has 5 heteroatoms. The first-order chi connectivity index (χ1) is 11.8. The van der Waals surface area contributed by atoms with E-state index in [4.69, 9.17) is 4.74 Å². The summed E-state index contributed by atoms with van der Waals surface area (Å²) in [4.78, 5) is 12.0. The first kappa shape index (κ1) is 15.6. The minimum Gasteiger partial charge on any atom is -0.497 e. The van der Waals surface area contributed by atoms with Crippen molar-refractivity contribution in [1.29, 1.82) is 0 Å². The largest absolute Gasteiger partial charge is 0.497 e. The number of nitrogens with zero attached hydrogens (tertiary/aromatic N) is 1. The lowest BCUT2D eigenvalue weighted by Gasteiger charge is -2.07. The minimum absolute atomic E-state index is 0.398. The van der Waals surface area contributed by atoms with Crippen LogP contribution in [0.4, 0.5) is 10.5 Å². The number of carbonyl (C=O) groups is 1. The third kappa shape index (κ3) is 3.70. The Morgan fingerprint density at radius 1 is 1.04 bits per heavy atom. The van der Waals surface area contributed by atoms with Crippen LogP contribution in [0, 0.1) is 0 Å². The number of hydrogen-bond acceptors (Lipinski definition) is 3. The normalized spacial score (nSPS) is 10.7. The molecular weight excluding hydrogens is 302 g/mol. The number of benzene rings is 3. The van der Waals surface area contributed by atoms with Crippen LogP contribution in [-0.4, -0.2) is 19.4 Å². The van der Waals surface area contributed by atoms with Gasteiger partial charge in [0.25, 0.3) is 0 Å². The molecule has 0 atom stereocenters. The van der Waals surface area contributed by atoms with Gasteiger partial charge in [-0.05, 0) is 29.1 Å². The first-order valence-electron chi connectivity index (χ1n) is 7.48. The Morgan fingerprint density at radius 2 is 1.83 bits per heavy atom. The van der Waals surface area contributed by atoms with Crippen LogP contribution in [0.1, 0.15) is 5.56 Å². The average molecular weight is 319 g/mol. The number of anilines is 1. The zero-order valence-electron chi connectivity index (χ0n) is 13.2. The quantitative estimate of drug-likeness (QED) is 0.564. The molecule has 0 aliphatic rings. The third-order valence-electron chi connectivity index (χ3n) is 3.51. The molecule has 0 saturated heterocycles. The van der Waals surface area contributed by atoms with Crippen molar-refractivity contribution in [2.75, 3.05) is 12.4 Å². The molecule has 3 aromatic rings. The highest BCUT2D eigenvalue weighted by molar-refractivity contribution is 6.01. The van der Waals surface area contributed by atoms with Gasteiger partial charge in [0.1, 0.15) is 5.75 Å². The number of fused-ring (bicyclic) bond motifs is 1. The zero-order chi connectivity index (χ0) is 16.8. The van der Waals surface area contributed by atoms with Crippen molar-refractivity contribution in [1.82, 2.24) is 5.43 Å². The van der Waals surface area contributed by atoms with Crippen molar-refractivity contribution in [2.24, 2.45) is 5.10 Å². The number of urea groups is 1. The van der Waals surface area contributed by atoms with Gasteiger partial charge in [-0.2, -0.15) is 5.10 Å². The molecule has 0 fully saturated rings. The lowest BCUT2D eigenvalue weighted by atomic mass is 10.1. The summed E-state index contributed by atoms with van der Waals surface area (Å²) in [5.74, 6) is 0.735. The number of ether oxygens (including phenoxy) is 1. The van der Waals surface area contributed by atoms with Gasteiger partial charge in [-0.3, -0.25) is 0 Å². The predicted molar refractivity (Wildman–Crippen MR) is 96.7 cm³/mol. The van der Waals surface area contributed by atoms with E-state index in [1.165, 1.54) is 0 Å². The number of amides is 2. The van der Waals surface area contributed by atoms with Crippen molar-refractivity contribution in [3.05, 3.63) is 72.3 Å². The summed E-state index contributed by atoms with van der Waals surface area (Å²) in [6.45, 7) is 0. The standard InChI is InChI=1S/C19H17N3O2/c1-24-16-9-4-6-14(12-16)13-20-22-19(23)21-18-11-5-8-15-7-2-3-10-17(15)18/h2-13H,1H3,(H2,21,22,23)/b20-13+. The van der Waals surface area contributed by atoms with Gasteiger partial charge in [-0.25, -0.2) is 10.2 Å². The van der Waals surface area contributed by atoms with E-state index in [1.54, 1.807) is 13.3 Å². The van der Waals surface area contributed by atoms with E-state index in [9.17, 15) is 4.79 Å². The molecule has 0 aliphatic carbocycles. The maximum absolute atomic E-state index is 12.0. The predicted octanol–water partition coefficient (Wildman–Crippen LogP) is 4.00. The van der Waals surface area contributed by atoms with Gasteiger partial charge in [0.2, 0.25) is 0 Å². The lowest BCUT2D eigenvalue weighted by Crippen LogP contribution is -2.24. The van der Waals surface area contributed by atoms with Crippen LogP contribution in [0.15, 0.2) is 71.8 Å². The van der Waals surface area contributed by atoms with E-state index < -0.39 is 6.03 Å². The first-order valence-corrected chi connectivity index (χ1v) is 7.48. The van der Waals surface area contributed by atoms with Gasteiger partial charge in [0.05, 0.1) is 19.0 Å². The number of methoxy groups -OCH3 is 1. The fourth-order valence-electron chi connectivity index (χ4n) is 2.37. The van der Waals surface area contributed by atoms with Crippen LogP contribution >= 0.6 is 0 Å². The van der Waals surface area contributed by atoms with Crippen LogP contribution in [0.2, 0.25) is 0 Å². The highest BCUT2D eigenvalue weighted by Crippen LogP contribution is 2.22. The Bertz CT molecular complexity index is 885. The molecular formula is C19H17N3O2. The molecule has 3 aromatic carbocycles. The fourth-order valence-corrected chi connectivity index (χ4v) is 2.37. The van der Waals surface area contributed by atoms with Gasteiger partial charge in [-0.15, -0.1) is 0 Å². The molecule has 0 aliphatic heterocycles. The van der Waals surface area contributed by atoms with Crippen molar-refractivity contribution in [3.63, 3.8) is 0 Å². The maximum atomic E-state index is 12.0. The molecule has 0 heterocycles. The molecule has 120 valence electrons. The van der Waals surface area contributed by atoms with Crippen molar-refractivity contribution in [2.45, 2.75) is 0 Å². The number of rotatable bonds is 4. The Hall–Kier alpha value is -3.34. The summed E-state index contributed by atoms with van der Waals surface area (Å²) in [5, 5.41) is 8.80.